The molecule has 1 unspecified atom stereocenters. The zero-order valence-electron chi connectivity index (χ0n) is 9.45. The first-order valence-electron chi connectivity index (χ1n) is 5.70. The van der Waals surface area contributed by atoms with Gasteiger partial charge in [0.1, 0.15) is 0 Å². The third-order valence-corrected chi connectivity index (χ3v) is 3.51. The van der Waals surface area contributed by atoms with Crippen molar-refractivity contribution in [3.05, 3.63) is 34.3 Å². The molecule has 88 valence electrons. The number of benzene rings is 1. The summed E-state index contributed by atoms with van der Waals surface area (Å²) in [6, 6.07) is 5.69. The summed E-state index contributed by atoms with van der Waals surface area (Å²) in [7, 11) is 0. The molecule has 1 aliphatic heterocycles. The van der Waals surface area contributed by atoms with Crippen molar-refractivity contribution in [2.24, 2.45) is 5.92 Å². The van der Waals surface area contributed by atoms with E-state index in [9.17, 15) is 5.11 Å². The van der Waals surface area contributed by atoms with E-state index in [-0.39, 0.29) is 0 Å². The van der Waals surface area contributed by atoms with E-state index in [0.717, 1.165) is 37.2 Å². The van der Waals surface area contributed by atoms with E-state index in [0.29, 0.717) is 10.9 Å². The third kappa shape index (κ3) is 2.57. The molecule has 0 amide bonds. The van der Waals surface area contributed by atoms with Crippen molar-refractivity contribution in [1.29, 1.82) is 0 Å². The Bertz CT molecular complexity index is 359. The van der Waals surface area contributed by atoms with Crippen LogP contribution in [0.5, 0.6) is 0 Å². The highest BCUT2D eigenvalue weighted by Crippen LogP contribution is 2.32. The minimum atomic E-state index is -0.414. The Hall–Kier alpha value is -0.570. The predicted octanol–water partition coefficient (Wildman–Crippen LogP) is 3.11. The summed E-state index contributed by atoms with van der Waals surface area (Å²) < 4.78 is 5.30. The molecule has 1 aromatic rings. The Balaban J connectivity index is 2.18. The lowest BCUT2D eigenvalue weighted by Gasteiger charge is -2.27. The van der Waals surface area contributed by atoms with E-state index in [2.05, 4.69) is 0 Å². The van der Waals surface area contributed by atoms with E-state index in [4.69, 9.17) is 16.3 Å². The lowest BCUT2D eigenvalue weighted by molar-refractivity contribution is 0.00696. The van der Waals surface area contributed by atoms with Gasteiger partial charge >= 0.3 is 0 Å². The second-order valence-corrected chi connectivity index (χ2v) is 4.83. The second-order valence-electron chi connectivity index (χ2n) is 4.40. The summed E-state index contributed by atoms with van der Waals surface area (Å²) >= 11 is 5.96. The van der Waals surface area contributed by atoms with Crippen molar-refractivity contribution in [1.82, 2.24) is 0 Å². The molecule has 1 saturated heterocycles. The lowest BCUT2D eigenvalue weighted by atomic mass is 9.87. The molecule has 0 aliphatic carbocycles. The van der Waals surface area contributed by atoms with Crippen LogP contribution in [0.25, 0.3) is 0 Å². The van der Waals surface area contributed by atoms with Crippen molar-refractivity contribution >= 4 is 11.6 Å². The van der Waals surface area contributed by atoms with Crippen molar-refractivity contribution in [3.63, 3.8) is 0 Å². The Kier molecular flexibility index (Phi) is 3.85. The van der Waals surface area contributed by atoms with Crippen LogP contribution in [0.15, 0.2) is 18.2 Å². The van der Waals surface area contributed by atoms with Crippen LogP contribution in [0.4, 0.5) is 0 Å². The van der Waals surface area contributed by atoms with Gasteiger partial charge in [-0.15, -0.1) is 0 Å². The fourth-order valence-electron chi connectivity index (χ4n) is 2.22. The number of halogens is 1. The van der Waals surface area contributed by atoms with Crippen LogP contribution in [0, 0.1) is 12.8 Å². The van der Waals surface area contributed by atoms with Crippen LogP contribution in [0.2, 0.25) is 5.02 Å². The zero-order valence-corrected chi connectivity index (χ0v) is 10.2. The van der Waals surface area contributed by atoms with Crippen LogP contribution in [0.3, 0.4) is 0 Å². The SMILES string of the molecule is Cc1ccc(Cl)cc1C(O)C1CCOCC1. The Morgan fingerprint density at radius 3 is 2.75 bits per heavy atom. The molecule has 1 aliphatic rings. The maximum atomic E-state index is 10.3. The Morgan fingerprint density at radius 2 is 2.06 bits per heavy atom. The first-order valence-corrected chi connectivity index (χ1v) is 6.08. The summed E-state index contributed by atoms with van der Waals surface area (Å²) in [5.74, 6) is 0.297. The highest BCUT2D eigenvalue weighted by atomic mass is 35.5. The number of aliphatic hydroxyl groups excluding tert-OH is 1. The van der Waals surface area contributed by atoms with E-state index < -0.39 is 6.10 Å². The molecule has 0 aromatic heterocycles. The van der Waals surface area contributed by atoms with Gasteiger partial charge in [0.05, 0.1) is 6.10 Å². The van der Waals surface area contributed by atoms with Crippen LogP contribution in [0.1, 0.15) is 30.1 Å². The molecule has 1 N–H and O–H groups in total. The van der Waals surface area contributed by atoms with E-state index >= 15 is 0 Å². The van der Waals surface area contributed by atoms with Crippen LogP contribution in [-0.2, 0) is 4.74 Å². The molecule has 1 aromatic carbocycles. The van der Waals surface area contributed by atoms with E-state index in [1.165, 1.54) is 0 Å². The molecule has 2 nitrogen and oxygen atoms in total. The lowest BCUT2D eigenvalue weighted by Crippen LogP contribution is -2.22. The molecular formula is C13H17ClO2. The van der Waals surface area contributed by atoms with Gasteiger partial charge < -0.3 is 9.84 Å². The van der Waals surface area contributed by atoms with E-state index in [1.807, 2.05) is 25.1 Å². The fraction of sp³-hybridized carbons (Fsp3) is 0.538. The largest absolute Gasteiger partial charge is 0.388 e. The minimum absolute atomic E-state index is 0.297. The monoisotopic (exact) mass is 240 g/mol. The first-order chi connectivity index (χ1) is 7.68. The number of aliphatic hydroxyl groups is 1. The number of aryl methyl sites for hydroxylation is 1. The van der Waals surface area contributed by atoms with Crippen molar-refractivity contribution in [3.8, 4) is 0 Å². The summed E-state index contributed by atoms with van der Waals surface area (Å²) in [4.78, 5) is 0. The van der Waals surface area contributed by atoms with Crippen molar-refractivity contribution in [2.75, 3.05) is 13.2 Å². The van der Waals surface area contributed by atoms with Crippen LogP contribution >= 0.6 is 11.6 Å². The smallest absolute Gasteiger partial charge is 0.0822 e. The molecule has 3 heteroatoms. The van der Waals surface area contributed by atoms with Gasteiger partial charge in [0.2, 0.25) is 0 Å². The van der Waals surface area contributed by atoms with Gasteiger partial charge in [0, 0.05) is 18.2 Å². The van der Waals surface area contributed by atoms with Gasteiger partial charge in [-0.25, -0.2) is 0 Å². The van der Waals surface area contributed by atoms with Gasteiger partial charge in [0.15, 0.2) is 0 Å². The molecule has 0 radical (unpaired) electrons. The summed E-state index contributed by atoms with van der Waals surface area (Å²) in [5.41, 5.74) is 2.06. The quantitative estimate of drug-likeness (QED) is 0.861. The Morgan fingerprint density at radius 1 is 1.38 bits per heavy atom. The number of rotatable bonds is 2. The maximum absolute atomic E-state index is 10.3. The fourth-order valence-corrected chi connectivity index (χ4v) is 2.40. The molecule has 1 heterocycles. The topological polar surface area (TPSA) is 29.5 Å². The van der Waals surface area contributed by atoms with Crippen molar-refractivity contribution < 1.29 is 9.84 Å². The highest BCUT2D eigenvalue weighted by molar-refractivity contribution is 6.30. The summed E-state index contributed by atoms with van der Waals surface area (Å²) in [6.45, 7) is 3.51. The average Bonchev–Trinajstić information content (AvgIpc) is 2.32. The molecular weight excluding hydrogens is 224 g/mol. The molecule has 2 rings (SSSR count). The normalized spacial score (nSPS) is 19.7. The predicted molar refractivity (Wildman–Crippen MR) is 64.7 cm³/mol. The standard InChI is InChI=1S/C13H17ClO2/c1-9-2-3-11(14)8-12(9)13(15)10-4-6-16-7-5-10/h2-3,8,10,13,15H,4-7H2,1H3. The van der Waals surface area contributed by atoms with Gasteiger partial charge in [-0.1, -0.05) is 17.7 Å². The molecule has 0 bridgehead atoms. The molecule has 0 saturated carbocycles. The summed E-state index contributed by atoms with van der Waals surface area (Å²) in [6.07, 6.45) is 1.43. The number of hydrogen-bond donors (Lipinski definition) is 1. The highest BCUT2D eigenvalue weighted by Gasteiger charge is 2.24. The second kappa shape index (κ2) is 5.17. The van der Waals surface area contributed by atoms with Gasteiger partial charge in [-0.2, -0.15) is 0 Å². The van der Waals surface area contributed by atoms with Gasteiger partial charge in [-0.05, 0) is 48.9 Å². The number of ether oxygens (including phenoxy) is 1. The van der Waals surface area contributed by atoms with Crippen LogP contribution < -0.4 is 0 Å². The van der Waals surface area contributed by atoms with Crippen LogP contribution in [-0.4, -0.2) is 18.3 Å². The van der Waals surface area contributed by atoms with Gasteiger partial charge in [0.25, 0.3) is 0 Å². The van der Waals surface area contributed by atoms with E-state index in [1.54, 1.807) is 0 Å². The first kappa shape index (κ1) is 11.9. The molecule has 0 spiro atoms. The minimum Gasteiger partial charge on any atom is -0.388 e. The molecule has 1 atom stereocenters. The van der Waals surface area contributed by atoms with Gasteiger partial charge in [-0.3, -0.25) is 0 Å². The molecule has 1 fully saturated rings. The number of hydrogen-bond acceptors (Lipinski definition) is 2. The average molecular weight is 241 g/mol. The zero-order chi connectivity index (χ0) is 11.5. The summed E-state index contributed by atoms with van der Waals surface area (Å²) in [5, 5.41) is 11.0. The third-order valence-electron chi connectivity index (χ3n) is 3.27. The maximum Gasteiger partial charge on any atom is 0.0822 e. The Labute approximate surface area is 101 Å². The molecule has 16 heavy (non-hydrogen) atoms. The van der Waals surface area contributed by atoms with Crippen molar-refractivity contribution in [2.45, 2.75) is 25.9 Å².